The Morgan fingerprint density at radius 3 is 2.44 bits per heavy atom. The summed E-state index contributed by atoms with van der Waals surface area (Å²) in [5, 5.41) is 3.21. The quantitative estimate of drug-likeness (QED) is 0.788. The molecule has 0 aromatic carbocycles. The predicted octanol–water partition coefficient (Wildman–Crippen LogP) is 1.41. The number of carbonyl (C=O) groups excluding carboxylic acids is 1. The van der Waals surface area contributed by atoms with Crippen molar-refractivity contribution in [1.29, 1.82) is 0 Å². The zero-order valence-corrected chi connectivity index (χ0v) is 12.3. The zero-order chi connectivity index (χ0) is 12.7. The van der Waals surface area contributed by atoms with Crippen LogP contribution in [0.3, 0.4) is 0 Å². The molecule has 0 saturated carbocycles. The molecule has 1 atom stereocenters. The number of hydrogen-bond donors (Lipinski definition) is 1. The third kappa shape index (κ3) is 3.28. The molecule has 18 heavy (non-hydrogen) atoms. The lowest BCUT2D eigenvalue weighted by Crippen LogP contribution is -2.59. The molecule has 0 aliphatic carbocycles. The van der Waals surface area contributed by atoms with Crippen LogP contribution in [-0.2, 0) is 9.47 Å². The van der Waals surface area contributed by atoms with Crippen LogP contribution in [0.25, 0.3) is 0 Å². The van der Waals surface area contributed by atoms with Gasteiger partial charge in [-0.05, 0) is 20.8 Å². The summed E-state index contributed by atoms with van der Waals surface area (Å²) in [6, 6.07) is 0.131. The lowest BCUT2D eigenvalue weighted by molar-refractivity contribution is -0.0367. The van der Waals surface area contributed by atoms with Gasteiger partial charge in [0.15, 0.2) is 0 Å². The van der Waals surface area contributed by atoms with Crippen LogP contribution in [0, 0.1) is 0 Å². The molecule has 1 spiro atoms. The first-order valence-corrected chi connectivity index (χ1v) is 6.12. The van der Waals surface area contributed by atoms with E-state index in [4.69, 9.17) is 9.47 Å². The molecule has 1 N–H and O–H groups in total. The molecule has 2 aliphatic rings. The van der Waals surface area contributed by atoms with Gasteiger partial charge in [0.05, 0.1) is 18.2 Å². The molecule has 2 fully saturated rings. The lowest BCUT2D eigenvalue weighted by Gasteiger charge is -2.38. The van der Waals surface area contributed by atoms with Gasteiger partial charge in [0.1, 0.15) is 5.60 Å². The van der Waals surface area contributed by atoms with Gasteiger partial charge in [-0.1, -0.05) is 0 Å². The molecule has 5 nitrogen and oxygen atoms in total. The Balaban J connectivity index is 0.00000162. The lowest BCUT2D eigenvalue weighted by atomic mass is 9.92. The second kappa shape index (κ2) is 5.23. The highest BCUT2D eigenvalue weighted by Crippen LogP contribution is 2.32. The van der Waals surface area contributed by atoms with Crippen LogP contribution in [0.15, 0.2) is 0 Å². The summed E-state index contributed by atoms with van der Waals surface area (Å²) in [7, 11) is 1.78. The highest BCUT2D eigenvalue weighted by Gasteiger charge is 2.47. The van der Waals surface area contributed by atoms with Gasteiger partial charge in [0, 0.05) is 26.6 Å². The number of rotatable bonds is 1. The van der Waals surface area contributed by atoms with Gasteiger partial charge in [0.25, 0.3) is 0 Å². The van der Waals surface area contributed by atoms with Crippen LogP contribution in [0.2, 0.25) is 0 Å². The smallest absolute Gasteiger partial charge is 0.410 e. The molecule has 6 heteroatoms. The van der Waals surface area contributed by atoms with E-state index in [-0.39, 0.29) is 30.1 Å². The van der Waals surface area contributed by atoms with E-state index in [9.17, 15) is 4.79 Å². The molecule has 2 aliphatic heterocycles. The van der Waals surface area contributed by atoms with E-state index in [1.807, 2.05) is 20.8 Å². The van der Waals surface area contributed by atoms with E-state index in [0.717, 1.165) is 19.5 Å². The highest BCUT2D eigenvalue weighted by atomic mass is 35.5. The number of carbonyl (C=O) groups is 1. The molecule has 0 radical (unpaired) electrons. The van der Waals surface area contributed by atoms with Crippen molar-refractivity contribution >= 4 is 18.5 Å². The Labute approximate surface area is 115 Å². The number of hydrogen-bond acceptors (Lipinski definition) is 4. The number of ether oxygens (including phenoxy) is 2. The molecule has 1 amide bonds. The van der Waals surface area contributed by atoms with Crippen molar-refractivity contribution in [3.8, 4) is 0 Å². The van der Waals surface area contributed by atoms with E-state index >= 15 is 0 Å². The van der Waals surface area contributed by atoms with Crippen molar-refractivity contribution in [2.24, 2.45) is 0 Å². The van der Waals surface area contributed by atoms with Gasteiger partial charge in [-0.2, -0.15) is 0 Å². The first-order chi connectivity index (χ1) is 7.81. The van der Waals surface area contributed by atoms with Crippen LogP contribution in [0.5, 0.6) is 0 Å². The first-order valence-electron chi connectivity index (χ1n) is 6.12. The molecule has 0 aromatic heterocycles. The third-order valence-electron chi connectivity index (χ3n) is 3.31. The summed E-state index contributed by atoms with van der Waals surface area (Å²) in [5.41, 5.74) is -0.471. The molecule has 2 heterocycles. The van der Waals surface area contributed by atoms with Crippen LogP contribution in [-0.4, -0.2) is 55.0 Å². The van der Waals surface area contributed by atoms with Crippen LogP contribution < -0.4 is 5.32 Å². The van der Waals surface area contributed by atoms with Gasteiger partial charge in [-0.3, -0.25) is 0 Å². The maximum absolute atomic E-state index is 11.9. The van der Waals surface area contributed by atoms with E-state index < -0.39 is 5.60 Å². The summed E-state index contributed by atoms with van der Waals surface area (Å²) < 4.78 is 11.1. The van der Waals surface area contributed by atoms with Gasteiger partial charge in [-0.15, -0.1) is 12.4 Å². The Kier molecular flexibility index (Phi) is 4.51. The second-order valence-electron chi connectivity index (χ2n) is 6.05. The van der Waals surface area contributed by atoms with E-state index in [0.29, 0.717) is 6.61 Å². The fraction of sp³-hybridized carbons (Fsp3) is 0.917. The fourth-order valence-corrected chi connectivity index (χ4v) is 2.20. The largest absolute Gasteiger partial charge is 0.444 e. The third-order valence-corrected chi connectivity index (χ3v) is 3.31. The summed E-state index contributed by atoms with van der Waals surface area (Å²) in [4.78, 5) is 13.6. The van der Waals surface area contributed by atoms with Crippen molar-refractivity contribution in [3.05, 3.63) is 0 Å². The van der Waals surface area contributed by atoms with Crippen LogP contribution in [0.1, 0.15) is 27.2 Å². The normalized spacial score (nSPS) is 25.2. The summed E-state index contributed by atoms with van der Waals surface area (Å²) >= 11 is 0. The van der Waals surface area contributed by atoms with Gasteiger partial charge in [0.2, 0.25) is 0 Å². The Bertz CT molecular complexity index is 313. The van der Waals surface area contributed by atoms with Crippen LogP contribution >= 0.6 is 12.4 Å². The molecular weight excluding hydrogens is 256 g/mol. The molecular formula is C12H23ClN2O3. The maximum atomic E-state index is 11.9. The zero-order valence-electron chi connectivity index (χ0n) is 11.5. The van der Waals surface area contributed by atoms with Crippen molar-refractivity contribution in [1.82, 2.24) is 10.2 Å². The van der Waals surface area contributed by atoms with Crippen molar-refractivity contribution in [3.63, 3.8) is 0 Å². The summed E-state index contributed by atoms with van der Waals surface area (Å²) in [6.07, 6.45) is 0.630. The number of nitrogens with zero attached hydrogens (tertiary/aromatic N) is 1. The Morgan fingerprint density at radius 2 is 2.06 bits per heavy atom. The summed E-state index contributed by atoms with van der Waals surface area (Å²) in [6.45, 7) is 8.03. The minimum absolute atomic E-state index is 0. The fourth-order valence-electron chi connectivity index (χ4n) is 2.20. The topological polar surface area (TPSA) is 50.8 Å². The Hall–Kier alpha value is -0.520. The second-order valence-corrected chi connectivity index (χ2v) is 6.05. The highest BCUT2D eigenvalue weighted by molar-refractivity contribution is 5.85. The maximum Gasteiger partial charge on any atom is 0.410 e. The van der Waals surface area contributed by atoms with Crippen molar-refractivity contribution < 1.29 is 14.3 Å². The number of nitrogens with one attached hydrogen (secondary N) is 1. The molecule has 1 unspecified atom stereocenters. The molecule has 2 rings (SSSR count). The van der Waals surface area contributed by atoms with Gasteiger partial charge >= 0.3 is 6.09 Å². The minimum Gasteiger partial charge on any atom is -0.444 e. The SMILES string of the molecule is CN(C(=O)OC(C)(C)C)C1COC2(CNC2)C1.Cl. The predicted molar refractivity (Wildman–Crippen MR) is 71.2 cm³/mol. The number of amides is 1. The monoisotopic (exact) mass is 278 g/mol. The van der Waals surface area contributed by atoms with Crippen LogP contribution in [0.4, 0.5) is 4.79 Å². The van der Waals surface area contributed by atoms with E-state index in [1.165, 1.54) is 0 Å². The summed E-state index contributed by atoms with van der Waals surface area (Å²) in [5.74, 6) is 0. The molecule has 2 saturated heterocycles. The van der Waals surface area contributed by atoms with Gasteiger partial charge in [-0.25, -0.2) is 4.79 Å². The number of likely N-dealkylation sites (N-methyl/N-ethyl adjacent to an activating group) is 1. The van der Waals surface area contributed by atoms with Gasteiger partial charge < -0.3 is 19.7 Å². The molecule has 0 bridgehead atoms. The average Bonchev–Trinajstić information content (AvgIpc) is 2.57. The molecule has 0 aromatic rings. The first kappa shape index (κ1) is 15.5. The van der Waals surface area contributed by atoms with Crippen molar-refractivity contribution in [2.45, 2.75) is 44.4 Å². The average molecular weight is 279 g/mol. The standard InChI is InChI=1S/C12H22N2O3.ClH/c1-11(2,3)17-10(15)14(4)9-5-12(16-6-9)7-13-8-12;/h9,13H,5-8H2,1-4H3;1H. The van der Waals surface area contributed by atoms with E-state index in [2.05, 4.69) is 5.32 Å². The van der Waals surface area contributed by atoms with Crippen molar-refractivity contribution in [2.75, 3.05) is 26.7 Å². The van der Waals surface area contributed by atoms with E-state index in [1.54, 1.807) is 11.9 Å². The Morgan fingerprint density at radius 1 is 1.44 bits per heavy atom. The molecule has 106 valence electrons. The minimum atomic E-state index is -0.444. The number of halogens is 1.